The number of carbonyl (C=O) groups excluding carboxylic acids is 1. The Bertz CT molecular complexity index is 547. The average Bonchev–Trinajstić information content (AvgIpc) is 2.87. The molecule has 5 nitrogen and oxygen atoms in total. The van der Waals surface area contributed by atoms with E-state index in [4.69, 9.17) is 0 Å². The van der Waals surface area contributed by atoms with E-state index in [1.54, 1.807) is 12.1 Å². The number of aliphatic hydroxyl groups is 1. The van der Waals surface area contributed by atoms with Gasteiger partial charge in [0.25, 0.3) is 0 Å². The maximum atomic E-state index is 12.2. The Morgan fingerprint density at radius 2 is 2.28 bits per heavy atom. The van der Waals surface area contributed by atoms with Crippen LogP contribution in [0.3, 0.4) is 0 Å². The van der Waals surface area contributed by atoms with Gasteiger partial charge in [-0.25, -0.2) is 0 Å². The molecule has 0 amide bonds. The van der Waals surface area contributed by atoms with Crippen molar-refractivity contribution in [2.75, 3.05) is 13.1 Å². The van der Waals surface area contributed by atoms with Gasteiger partial charge in [-0.1, -0.05) is 11.6 Å². The highest BCUT2D eigenvalue weighted by Gasteiger charge is 2.22. The van der Waals surface area contributed by atoms with Crippen LogP contribution >= 0.6 is 0 Å². The highest BCUT2D eigenvalue weighted by molar-refractivity contribution is 6.28. The van der Waals surface area contributed by atoms with E-state index in [1.165, 1.54) is 6.07 Å². The van der Waals surface area contributed by atoms with E-state index >= 15 is 0 Å². The summed E-state index contributed by atoms with van der Waals surface area (Å²) in [5, 5.41) is 21.8. The Balaban J connectivity index is 2.38. The molecule has 1 aromatic carbocycles. The smallest absolute Gasteiger partial charge is 0.203 e. The number of benzene rings is 1. The Hall–Kier alpha value is -2.30. The van der Waals surface area contributed by atoms with Crippen molar-refractivity contribution in [3.63, 3.8) is 0 Å². The Kier molecular flexibility index (Phi) is 3.32. The van der Waals surface area contributed by atoms with Crippen LogP contribution in [0.2, 0.25) is 0 Å². The van der Waals surface area contributed by atoms with Crippen LogP contribution in [0.1, 0.15) is 15.9 Å². The molecule has 0 saturated heterocycles. The number of hydrogen-bond donors (Lipinski definition) is 3. The second kappa shape index (κ2) is 4.91. The lowest BCUT2D eigenvalue weighted by atomic mass is 10.0. The first kappa shape index (κ1) is 12.2. The number of carbonyl (C=O) groups is 1. The summed E-state index contributed by atoms with van der Waals surface area (Å²) in [5.74, 6) is -0.196. The first-order valence-corrected chi connectivity index (χ1v) is 5.61. The molecule has 0 bridgehead atoms. The number of aliphatic imine (C=N–C) groups is 1. The van der Waals surface area contributed by atoms with E-state index in [2.05, 4.69) is 10.3 Å². The van der Waals surface area contributed by atoms with Crippen molar-refractivity contribution in [3.8, 4) is 5.75 Å². The molecular formula is C13H14N2O3. The minimum Gasteiger partial charge on any atom is -0.515 e. The van der Waals surface area contributed by atoms with Gasteiger partial charge in [-0.15, -0.1) is 0 Å². The molecule has 1 aromatic rings. The number of Topliss-reactive ketones (excluding diaryl/α,β-unsaturated/α-hetero) is 1. The fourth-order valence-corrected chi connectivity index (χ4v) is 1.78. The number of rotatable bonds is 3. The Morgan fingerprint density at radius 3 is 2.89 bits per heavy atom. The minimum atomic E-state index is -0.452. The molecule has 0 saturated carbocycles. The molecule has 5 heteroatoms. The first-order valence-electron chi connectivity index (χ1n) is 5.61. The summed E-state index contributed by atoms with van der Waals surface area (Å²) in [6.45, 7) is 3.03. The molecule has 94 valence electrons. The van der Waals surface area contributed by atoms with Crippen LogP contribution in [0.15, 0.2) is 35.0 Å². The third-order valence-corrected chi connectivity index (χ3v) is 2.70. The maximum Gasteiger partial charge on any atom is 0.203 e. The number of nitrogens with one attached hydrogen (secondary N) is 1. The van der Waals surface area contributed by atoms with Crippen molar-refractivity contribution >= 4 is 11.6 Å². The molecule has 1 aliphatic heterocycles. The van der Waals surface area contributed by atoms with Crippen LogP contribution in [-0.2, 0) is 0 Å². The second-order valence-electron chi connectivity index (χ2n) is 4.05. The highest BCUT2D eigenvalue weighted by Crippen LogP contribution is 2.22. The molecule has 0 aliphatic carbocycles. The number of phenolic OH excluding ortho intramolecular Hbond substituents is 1. The summed E-state index contributed by atoms with van der Waals surface area (Å²) >= 11 is 0. The zero-order valence-electron chi connectivity index (χ0n) is 9.97. The molecule has 0 fully saturated rings. The number of ketones is 1. The van der Waals surface area contributed by atoms with Gasteiger partial charge in [-0.05, 0) is 19.1 Å². The van der Waals surface area contributed by atoms with E-state index in [9.17, 15) is 15.0 Å². The van der Waals surface area contributed by atoms with Crippen LogP contribution in [0.4, 0.5) is 0 Å². The molecule has 0 aromatic heterocycles. The fraction of sp³-hybridized carbons (Fsp3) is 0.231. The Labute approximate surface area is 104 Å². The van der Waals surface area contributed by atoms with Crippen molar-refractivity contribution in [3.05, 3.63) is 41.2 Å². The van der Waals surface area contributed by atoms with Gasteiger partial charge >= 0.3 is 0 Å². The molecular weight excluding hydrogens is 232 g/mol. The molecule has 0 radical (unpaired) electrons. The van der Waals surface area contributed by atoms with E-state index in [0.717, 1.165) is 11.8 Å². The summed E-state index contributed by atoms with van der Waals surface area (Å²) < 4.78 is 0. The molecule has 0 atom stereocenters. The number of aromatic hydroxyl groups is 1. The van der Waals surface area contributed by atoms with E-state index < -0.39 is 5.78 Å². The predicted octanol–water partition coefficient (Wildman–Crippen LogP) is 1.33. The zero-order chi connectivity index (χ0) is 13.1. The van der Waals surface area contributed by atoms with Crippen molar-refractivity contribution in [1.29, 1.82) is 0 Å². The molecule has 1 aliphatic rings. The molecule has 0 unspecified atom stereocenters. The number of phenols is 1. The van der Waals surface area contributed by atoms with Gasteiger partial charge in [-0.2, -0.15) is 0 Å². The molecule has 2 rings (SSSR count). The van der Waals surface area contributed by atoms with Gasteiger partial charge < -0.3 is 15.5 Å². The molecule has 1 heterocycles. The summed E-state index contributed by atoms with van der Waals surface area (Å²) in [4.78, 5) is 16.3. The zero-order valence-corrected chi connectivity index (χ0v) is 9.97. The highest BCUT2D eigenvalue weighted by atomic mass is 16.3. The van der Waals surface area contributed by atoms with Gasteiger partial charge in [0.1, 0.15) is 11.6 Å². The summed E-state index contributed by atoms with van der Waals surface area (Å²) in [6, 6.07) is 4.75. The first-order chi connectivity index (χ1) is 8.63. The third kappa shape index (κ3) is 2.20. The lowest BCUT2D eigenvalue weighted by Gasteiger charge is -2.08. The van der Waals surface area contributed by atoms with Crippen molar-refractivity contribution in [1.82, 2.24) is 5.32 Å². The van der Waals surface area contributed by atoms with E-state index in [-0.39, 0.29) is 16.9 Å². The molecule has 18 heavy (non-hydrogen) atoms. The summed E-state index contributed by atoms with van der Waals surface area (Å²) in [7, 11) is 0. The number of hydrogen-bond acceptors (Lipinski definition) is 5. The van der Waals surface area contributed by atoms with Gasteiger partial charge in [-0.3, -0.25) is 9.79 Å². The second-order valence-corrected chi connectivity index (χ2v) is 4.05. The number of nitrogens with zero attached hydrogens (tertiary/aromatic N) is 1. The van der Waals surface area contributed by atoms with E-state index in [0.29, 0.717) is 18.9 Å². The summed E-state index contributed by atoms with van der Waals surface area (Å²) in [6.07, 6.45) is 0.723. The SMILES string of the molecule is Cc1ccc(O)c(C(=O)/C(=C\O)C2=NCCN2)c1. The van der Waals surface area contributed by atoms with Crippen molar-refractivity contribution < 1.29 is 15.0 Å². The van der Waals surface area contributed by atoms with Gasteiger partial charge in [0.05, 0.1) is 23.9 Å². The maximum absolute atomic E-state index is 12.2. The Morgan fingerprint density at radius 1 is 1.50 bits per heavy atom. The fourth-order valence-electron chi connectivity index (χ4n) is 1.78. The molecule has 0 spiro atoms. The van der Waals surface area contributed by atoms with Crippen LogP contribution < -0.4 is 5.32 Å². The largest absolute Gasteiger partial charge is 0.515 e. The van der Waals surface area contributed by atoms with Crippen LogP contribution in [-0.4, -0.2) is 34.9 Å². The normalized spacial score (nSPS) is 15.2. The van der Waals surface area contributed by atoms with Crippen molar-refractivity contribution in [2.45, 2.75) is 6.92 Å². The lowest BCUT2D eigenvalue weighted by molar-refractivity contribution is 0.103. The van der Waals surface area contributed by atoms with Gasteiger partial charge in [0, 0.05) is 6.54 Å². The predicted molar refractivity (Wildman–Crippen MR) is 68.2 cm³/mol. The monoisotopic (exact) mass is 246 g/mol. The van der Waals surface area contributed by atoms with Crippen LogP contribution in [0, 0.1) is 6.92 Å². The topological polar surface area (TPSA) is 81.9 Å². The van der Waals surface area contributed by atoms with Gasteiger partial charge in [0.2, 0.25) is 5.78 Å². The lowest BCUT2D eigenvalue weighted by Crippen LogP contribution is -2.25. The van der Waals surface area contributed by atoms with Crippen molar-refractivity contribution in [2.24, 2.45) is 4.99 Å². The van der Waals surface area contributed by atoms with Gasteiger partial charge in [0.15, 0.2) is 0 Å². The van der Waals surface area contributed by atoms with E-state index in [1.807, 2.05) is 6.92 Å². The van der Waals surface area contributed by atoms with Crippen LogP contribution in [0.5, 0.6) is 5.75 Å². The summed E-state index contributed by atoms with van der Waals surface area (Å²) in [5.41, 5.74) is 1.08. The van der Waals surface area contributed by atoms with Crippen LogP contribution in [0.25, 0.3) is 0 Å². The minimum absolute atomic E-state index is 0.0633. The average molecular weight is 246 g/mol. The number of aliphatic hydroxyl groups excluding tert-OH is 1. The third-order valence-electron chi connectivity index (χ3n) is 2.70. The number of aryl methyl sites for hydroxylation is 1. The standard InChI is InChI=1S/C13H14N2O3/c1-8-2-3-11(17)9(6-8)12(18)10(7-16)13-14-4-5-15-13/h2-3,6-7,16-17H,4-5H2,1H3,(H,14,15)/b10-7+. The molecule has 3 N–H and O–H groups in total. The quantitative estimate of drug-likeness (QED) is 0.427. The number of amidine groups is 1.